The lowest BCUT2D eigenvalue weighted by Crippen LogP contribution is -2.04. The highest BCUT2D eigenvalue weighted by Crippen LogP contribution is 2.32. The zero-order valence-electron chi connectivity index (χ0n) is 15.0. The summed E-state index contributed by atoms with van der Waals surface area (Å²) >= 11 is 13.3. The first kappa shape index (κ1) is 20.7. The number of hydrogen-bond acceptors (Lipinski definition) is 4. The SMILES string of the molecule is FC(F)(F)c1ccc(-c2nc3sccn3c2/C=N/OCc2ccc(Cl)c(Cl)c2)cc1. The number of rotatable bonds is 5. The van der Waals surface area contributed by atoms with Crippen LogP contribution in [0.3, 0.4) is 0 Å². The molecule has 0 atom stereocenters. The molecule has 4 rings (SSSR count). The normalized spacial score (nSPS) is 12.2. The summed E-state index contributed by atoms with van der Waals surface area (Å²) in [4.78, 5) is 10.6. The van der Waals surface area contributed by atoms with Gasteiger partial charge in [-0.05, 0) is 29.8 Å². The number of halogens is 5. The maximum atomic E-state index is 12.8. The molecule has 30 heavy (non-hydrogen) atoms. The molecule has 0 saturated heterocycles. The fraction of sp³-hybridized carbons (Fsp3) is 0.100. The molecule has 4 aromatic rings. The van der Waals surface area contributed by atoms with E-state index in [0.29, 0.717) is 32.0 Å². The molecule has 0 amide bonds. The Morgan fingerprint density at radius 2 is 1.87 bits per heavy atom. The Morgan fingerprint density at radius 3 is 2.57 bits per heavy atom. The topological polar surface area (TPSA) is 38.9 Å². The second-order valence-corrected chi connectivity index (χ2v) is 7.92. The predicted molar refractivity (Wildman–Crippen MR) is 112 cm³/mol. The lowest BCUT2D eigenvalue weighted by atomic mass is 10.1. The molecule has 0 spiro atoms. The third-order valence-electron chi connectivity index (χ3n) is 4.25. The fourth-order valence-corrected chi connectivity index (χ4v) is 3.83. The molecule has 0 radical (unpaired) electrons. The van der Waals surface area contributed by atoms with Crippen LogP contribution in [0.2, 0.25) is 10.0 Å². The molecule has 0 fully saturated rings. The average Bonchev–Trinajstić information content (AvgIpc) is 3.29. The molecule has 4 nitrogen and oxygen atoms in total. The van der Waals surface area contributed by atoms with Gasteiger partial charge in [0, 0.05) is 17.1 Å². The second-order valence-electron chi connectivity index (χ2n) is 6.23. The van der Waals surface area contributed by atoms with Crippen LogP contribution in [0.5, 0.6) is 0 Å². The third-order valence-corrected chi connectivity index (χ3v) is 5.75. The number of aromatic nitrogens is 2. The van der Waals surface area contributed by atoms with E-state index >= 15 is 0 Å². The minimum absolute atomic E-state index is 0.175. The molecule has 2 heterocycles. The van der Waals surface area contributed by atoms with Gasteiger partial charge in [-0.2, -0.15) is 13.2 Å². The summed E-state index contributed by atoms with van der Waals surface area (Å²) in [7, 11) is 0. The lowest BCUT2D eigenvalue weighted by molar-refractivity contribution is -0.137. The van der Waals surface area contributed by atoms with E-state index in [1.165, 1.54) is 29.7 Å². The minimum atomic E-state index is -4.39. The summed E-state index contributed by atoms with van der Waals surface area (Å²) in [5, 5.41) is 6.72. The average molecular weight is 470 g/mol. The highest BCUT2D eigenvalue weighted by Gasteiger charge is 2.30. The molecule has 0 saturated carbocycles. The fourth-order valence-electron chi connectivity index (χ4n) is 2.78. The van der Waals surface area contributed by atoms with Crippen molar-refractivity contribution in [2.45, 2.75) is 12.8 Å². The summed E-state index contributed by atoms with van der Waals surface area (Å²) in [5.41, 5.74) is 1.73. The van der Waals surface area contributed by atoms with Crippen molar-refractivity contribution in [3.63, 3.8) is 0 Å². The molecule has 0 unspecified atom stereocenters. The van der Waals surface area contributed by atoms with E-state index < -0.39 is 11.7 Å². The highest BCUT2D eigenvalue weighted by atomic mass is 35.5. The van der Waals surface area contributed by atoms with E-state index in [-0.39, 0.29) is 6.61 Å². The van der Waals surface area contributed by atoms with Crippen molar-refractivity contribution >= 4 is 45.7 Å². The number of alkyl halides is 3. The van der Waals surface area contributed by atoms with Gasteiger partial charge in [0.2, 0.25) is 0 Å². The predicted octanol–water partition coefficient (Wildman–Crippen LogP) is 6.94. The molecule has 0 bridgehead atoms. The smallest absolute Gasteiger partial charge is 0.391 e. The van der Waals surface area contributed by atoms with Crippen LogP contribution in [-0.4, -0.2) is 15.6 Å². The standard InChI is InChI=1S/C20H12Cl2F3N3OS/c21-15-6-1-12(9-16(15)22)11-29-26-10-17-18(27-19-28(17)7-8-30-19)13-2-4-14(5-3-13)20(23,24)25/h1-10H,11H2/b26-10+. The lowest BCUT2D eigenvalue weighted by Gasteiger charge is -2.07. The largest absolute Gasteiger partial charge is 0.416 e. The number of hydrogen-bond donors (Lipinski definition) is 0. The number of thiazole rings is 1. The van der Waals surface area contributed by atoms with Crippen molar-refractivity contribution in [1.29, 1.82) is 0 Å². The van der Waals surface area contributed by atoms with Crippen molar-refractivity contribution < 1.29 is 18.0 Å². The molecule has 0 aliphatic rings. The van der Waals surface area contributed by atoms with Crippen LogP contribution in [0.25, 0.3) is 16.2 Å². The number of oxime groups is 1. The van der Waals surface area contributed by atoms with E-state index in [4.69, 9.17) is 28.0 Å². The molecule has 154 valence electrons. The Kier molecular flexibility index (Phi) is 5.73. The van der Waals surface area contributed by atoms with Crippen molar-refractivity contribution in [3.8, 4) is 11.3 Å². The first-order valence-electron chi connectivity index (χ1n) is 8.55. The van der Waals surface area contributed by atoms with Crippen LogP contribution in [0.4, 0.5) is 13.2 Å². The number of nitrogens with zero attached hydrogens (tertiary/aromatic N) is 3. The molecule has 0 N–H and O–H groups in total. The second kappa shape index (κ2) is 8.29. The van der Waals surface area contributed by atoms with Crippen LogP contribution in [-0.2, 0) is 17.6 Å². The molecule has 2 aromatic carbocycles. The molecule has 0 aliphatic carbocycles. The van der Waals surface area contributed by atoms with Crippen LogP contribution in [0.15, 0.2) is 59.2 Å². The summed E-state index contributed by atoms with van der Waals surface area (Å²) in [6, 6.07) is 9.97. The molecule has 0 aliphatic heterocycles. The van der Waals surface area contributed by atoms with Gasteiger partial charge in [-0.3, -0.25) is 4.40 Å². The summed E-state index contributed by atoms with van der Waals surface area (Å²) in [5.74, 6) is 0. The van der Waals surface area contributed by atoms with E-state index in [1.54, 1.807) is 28.8 Å². The Balaban J connectivity index is 1.58. The zero-order valence-corrected chi connectivity index (χ0v) is 17.4. The Labute approximate surface area is 183 Å². The molecular formula is C20H12Cl2F3N3OS. The third kappa shape index (κ3) is 4.30. The maximum absolute atomic E-state index is 12.8. The van der Waals surface area contributed by atoms with E-state index in [1.807, 2.05) is 5.38 Å². The Hall–Kier alpha value is -2.55. The first-order valence-corrected chi connectivity index (χ1v) is 10.2. The van der Waals surface area contributed by atoms with Crippen LogP contribution < -0.4 is 0 Å². The van der Waals surface area contributed by atoms with Gasteiger partial charge in [-0.15, -0.1) is 11.3 Å². The van der Waals surface area contributed by atoms with Gasteiger partial charge in [0.05, 0.1) is 33.2 Å². The summed E-state index contributed by atoms with van der Waals surface area (Å²) < 4.78 is 40.3. The van der Waals surface area contributed by atoms with Gasteiger partial charge in [-0.1, -0.05) is 46.6 Å². The van der Waals surface area contributed by atoms with Gasteiger partial charge in [-0.25, -0.2) is 4.98 Å². The number of imidazole rings is 1. The monoisotopic (exact) mass is 469 g/mol. The Bertz CT molecular complexity index is 1220. The van der Waals surface area contributed by atoms with Crippen LogP contribution in [0, 0.1) is 0 Å². The first-order chi connectivity index (χ1) is 14.3. The van der Waals surface area contributed by atoms with E-state index in [2.05, 4.69) is 10.1 Å². The maximum Gasteiger partial charge on any atom is 0.416 e. The summed E-state index contributed by atoms with van der Waals surface area (Å²) in [6.45, 7) is 0.175. The molecule has 2 aromatic heterocycles. The van der Waals surface area contributed by atoms with Crippen molar-refractivity contribution in [3.05, 3.63) is 80.9 Å². The van der Waals surface area contributed by atoms with Gasteiger partial charge < -0.3 is 4.84 Å². The Morgan fingerprint density at radius 1 is 1.10 bits per heavy atom. The zero-order chi connectivity index (χ0) is 21.3. The number of benzene rings is 2. The van der Waals surface area contributed by atoms with E-state index in [0.717, 1.165) is 17.7 Å². The number of fused-ring (bicyclic) bond motifs is 1. The van der Waals surface area contributed by atoms with Gasteiger partial charge in [0.15, 0.2) is 4.96 Å². The van der Waals surface area contributed by atoms with E-state index in [9.17, 15) is 13.2 Å². The quantitative estimate of drug-likeness (QED) is 0.234. The van der Waals surface area contributed by atoms with Gasteiger partial charge >= 0.3 is 6.18 Å². The molecule has 10 heteroatoms. The van der Waals surface area contributed by atoms with Crippen molar-refractivity contribution in [1.82, 2.24) is 9.38 Å². The van der Waals surface area contributed by atoms with Gasteiger partial charge in [0.25, 0.3) is 0 Å². The van der Waals surface area contributed by atoms with Crippen molar-refractivity contribution in [2.75, 3.05) is 0 Å². The minimum Gasteiger partial charge on any atom is -0.391 e. The molecular weight excluding hydrogens is 458 g/mol. The summed E-state index contributed by atoms with van der Waals surface area (Å²) in [6.07, 6.45) is -1.10. The van der Waals surface area contributed by atoms with Crippen molar-refractivity contribution in [2.24, 2.45) is 5.16 Å². The van der Waals surface area contributed by atoms with Crippen LogP contribution >= 0.6 is 34.5 Å². The van der Waals surface area contributed by atoms with Gasteiger partial charge in [0.1, 0.15) is 6.61 Å². The van der Waals surface area contributed by atoms with Crippen LogP contribution in [0.1, 0.15) is 16.8 Å². The highest BCUT2D eigenvalue weighted by molar-refractivity contribution is 7.15.